The van der Waals surface area contributed by atoms with Crippen molar-refractivity contribution < 1.29 is 0 Å². The van der Waals surface area contributed by atoms with Crippen LogP contribution in [0.15, 0.2) is 24.3 Å². The van der Waals surface area contributed by atoms with Crippen LogP contribution < -0.4 is 0 Å². The first-order valence-electron chi connectivity index (χ1n) is 5.00. The van der Waals surface area contributed by atoms with Crippen LogP contribution in [-0.4, -0.2) is 0 Å². The Bertz CT molecular complexity index is 564. The maximum Gasteiger partial charge on any atom is 0.0672 e. The van der Waals surface area contributed by atoms with E-state index in [0.717, 1.165) is 11.1 Å². The Morgan fingerprint density at radius 1 is 0.667 bits per heavy atom. The van der Waals surface area contributed by atoms with Gasteiger partial charge in [0, 0.05) is 16.1 Å². The van der Waals surface area contributed by atoms with Gasteiger partial charge in [0.25, 0.3) is 0 Å². The molecule has 0 saturated heterocycles. The first-order valence-corrected chi connectivity index (χ1v) is 6.89. The van der Waals surface area contributed by atoms with Crippen molar-refractivity contribution in [1.82, 2.24) is 0 Å². The van der Waals surface area contributed by atoms with Crippen LogP contribution in [-0.2, 0) is 0 Å². The molecule has 0 amide bonds. The lowest BCUT2D eigenvalue weighted by atomic mass is 10.0. The lowest BCUT2D eigenvalue weighted by Crippen LogP contribution is -1.86. The van der Waals surface area contributed by atoms with Gasteiger partial charge in [-0.3, -0.25) is 0 Å². The van der Waals surface area contributed by atoms with Gasteiger partial charge in [0.2, 0.25) is 0 Å². The van der Waals surface area contributed by atoms with E-state index in [4.69, 9.17) is 58.0 Å². The van der Waals surface area contributed by atoms with Crippen molar-refractivity contribution in [1.29, 1.82) is 0 Å². The monoisotopic (exact) mass is 338 g/mol. The molecule has 0 aromatic heterocycles. The summed E-state index contributed by atoms with van der Waals surface area (Å²) in [5.74, 6) is 0. The molecule has 0 saturated carbocycles. The van der Waals surface area contributed by atoms with Crippen LogP contribution in [0.5, 0.6) is 0 Å². The molecule has 0 aliphatic carbocycles. The van der Waals surface area contributed by atoms with Gasteiger partial charge in [-0.15, -0.1) is 0 Å². The number of hydrogen-bond donors (Lipinski definition) is 0. The van der Waals surface area contributed by atoms with Gasteiger partial charge in [-0.2, -0.15) is 0 Å². The van der Waals surface area contributed by atoms with Gasteiger partial charge in [0.1, 0.15) is 0 Å². The standard InChI is InChI=1S/C13H7Cl5/c1-6-2-8(12(17)10(15)3-6)9-4-7(14)5-11(16)13(9)18/h2-5H,1H3. The summed E-state index contributed by atoms with van der Waals surface area (Å²) >= 11 is 30.4. The van der Waals surface area contributed by atoms with Crippen molar-refractivity contribution in [3.8, 4) is 11.1 Å². The van der Waals surface area contributed by atoms with Gasteiger partial charge in [0.05, 0.1) is 20.1 Å². The summed E-state index contributed by atoms with van der Waals surface area (Å²) in [6, 6.07) is 6.97. The Labute approximate surface area is 130 Å². The Morgan fingerprint density at radius 3 is 1.78 bits per heavy atom. The molecule has 94 valence electrons. The molecule has 0 atom stereocenters. The fourth-order valence-electron chi connectivity index (χ4n) is 1.67. The summed E-state index contributed by atoms with van der Waals surface area (Å²) in [4.78, 5) is 0. The van der Waals surface area contributed by atoms with Crippen LogP contribution in [0.3, 0.4) is 0 Å². The predicted octanol–water partition coefficient (Wildman–Crippen LogP) is 6.93. The summed E-state index contributed by atoms with van der Waals surface area (Å²) in [6.45, 7) is 1.92. The molecule has 0 spiro atoms. The predicted molar refractivity (Wildman–Crippen MR) is 81.7 cm³/mol. The van der Waals surface area contributed by atoms with E-state index in [9.17, 15) is 0 Å². The Morgan fingerprint density at radius 2 is 1.17 bits per heavy atom. The molecule has 0 aliphatic heterocycles. The third-order valence-corrected chi connectivity index (χ3v) is 4.28. The second-order valence-corrected chi connectivity index (χ2v) is 5.86. The van der Waals surface area contributed by atoms with E-state index in [0.29, 0.717) is 30.7 Å². The topological polar surface area (TPSA) is 0 Å². The molecule has 2 rings (SSSR count). The fraction of sp³-hybridized carbons (Fsp3) is 0.0769. The van der Waals surface area contributed by atoms with E-state index >= 15 is 0 Å². The molecular formula is C13H7Cl5. The van der Waals surface area contributed by atoms with Crippen LogP contribution >= 0.6 is 58.0 Å². The maximum atomic E-state index is 6.20. The molecule has 18 heavy (non-hydrogen) atoms. The van der Waals surface area contributed by atoms with Crippen LogP contribution in [0, 0.1) is 6.92 Å². The maximum absolute atomic E-state index is 6.20. The molecule has 0 unspecified atom stereocenters. The average molecular weight is 340 g/mol. The largest absolute Gasteiger partial charge is 0.0843 e. The average Bonchev–Trinajstić information content (AvgIpc) is 2.28. The van der Waals surface area contributed by atoms with Crippen molar-refractivity contribution in [3.05, 3.63) is 54.9 Å². The molecule has 0 fully saturated rings. The van der Waals surface area contributed by atoms with Crippen molar-refractivity contribution >= 4 is 58.0 Å². The van der Waals surface area contributed by atoms with E-state index in [1.807, 2.05) is 13.0 Å². The highest BCUT2D eigenvalue weighted by Crippen LogP contribution is 2.41. The van der Waals surface area contributed by atoms with Gasteiger partial charge in [-0.1, -0.05) is 58.0 Å². The first kappa shape index (κ1) is 14.3. The van der Waals surface area contributed by atoms with Gasteiger partial charge < -0.3 is 0 Å². The zero-order valence-electron chi connectivity index (χ0n) is 9.20. The van der Waals surface area contributed by atoms with Crippen LogP contribution in [0.2, 0.25) is 25.1 Å². The summed E-state index contributed by atoms with van der Waals surface area (Å²) < 4.78 is 0. The lowest BCUT2D eigenvalue weighted by Gasteiger charge is -2.11. The van der Waals surface area contributed by atoms with Crippen molar-refractivity contribution in [2.75, 3.05) is 0 Å². The van der Waals surface area contributed by atoms with Gasteiger partial charge in [-0.25, -0.2) is 0 Å². The first-order chi connectivity index (χ1) is 8.40. The minimum Gasteiger partial charge on any atom is -0.0843 e. The third kappa shape index (κ3) is 2.74. The van der Waals surface area contributed by atoms with Gasteiger partial charge in [0.15, 0.2) is 0 Å². The summed E-state index contributed by atoms with van der Waals surface area (Å²) in [5.41, 5.74) is 2.37. The summed E-state index contributed by atoms with van der Waals surface area (Å²) in [7, 11) is 0. The Kier molecular flexibility index (Phi) is 4.36. The molecule has 0 nitrogen and oxygen atoms in total. The third-order valence-electron chi connectivity index (χ3n) is 2.46. The molecular weight excluding hydrogens is 333 g/mol. The smallest absolute Gasteiger partial charge is 0.0672 e. The highest BCUT2D eigenvalue weighted by Gasteiger charge is 2.14. The minimum absolute atomic E-state index is 0.382. The molecule has 5 heteroatoms. The quantitative estimate of drug-likeness (QED) is 0.494. The second kappa shape index (κ2) is 5.48. The lowest BCUT2D eigenvalue weighted by molar-refractivity contribution is 1.46. The molecule has 0 N–H and O–H groups in total. The molecule has 0 aliphatic rings. The minimum atomic E-state index is 0.382. The number of benzene rings is 2. The van der Waals surface area contributed by atoms with Crippen LogP contribution in [0.4, 0.5) is 0 Å². The Hall–Kier alpha value is -0.110. The fourth-order valence-corrected chi connectivity index (χ4v) is 2.86. The van der Waals surface area contributed by atoms with E-state index in [1.165, 1.54) is 0 Å². The highest BCUT2D eigenvalue weighted by atomic mass is 35.5. The zero-order chi connectivity index (χ0) is 13.4. The van der Waals surface area contributed by atoms with Crippen molar-refractivity contribution in [3.63, 3.8) is 0 Å². The van der Waals surface area contributed by atoms with Crippen molar-refractivity contribution in [2.45, 2.75) is 6.92 Å². The normalized spacial score (nSPS) is 10.8. The molecule has 0 bridgehead atoms. The SMILES string of the molecule is Cc1cc(Cl)c(Cl)c(-c2cc(Cl)cc(Cl)c2Cl)c1. The summed E-state index contributed by atoms with van der Waals surface area (Å²) in [5, 5.41) is 2.19. The highest BCUT2D eigenvalue weighted by molar-refractivity contribution is 6.47. The van der Waals surface area contributed by atoms with Crippen LogP contribution in [0.1, 0.15) is 5.56 Å². The molecule has 0 radical (unpaired) electrons. The van der Waals surface area contributed by atoms with Crippen molar-refractivity contribution in [2.24, 2.45) is 0 Å². The number of halogens is 5. The van der Waals surface area contributed by atoms with Gasteiger partial charge in [-0.05, 0) is 36.8 Å². The number of hydrogen-bond acceptors (Lipinski definition) is 0. The van der Waals surface area contributed by atoms with Gasteiger partial charge >= 0.3 is 0 Å². The van der Waals surface area contributed by atoms with E-state index in [1.54, 1.807) is 18.2 Å². The summed E-state index contributed by atoms with van der Waals surface area (Å²) in [6.07, 6.45) is 0. The number of rotatable bonds is 1. The Balaban J connectivity index is 2.77. The van der Waals surface area contributed by atoms with E-state index in [-0.39, 0.29) is 0 Å². The van der Waals surface area contributed by atoms with E-state index in [2.05, 4.69) is 0 Å². The second-order valence-electron chi connectivity index (χ2n) is 3.86. The molecule has 2 aromatic rings. The zero-order valence-corrected chi connectivity index (χ0v) is 13.0. The van der Waals surface area contributed by atoms with Crippen LogP contribution in [0.25, 0.3) is 11.1 Å². The molecule has 2 aromatic carbocycles. The molecule has 0 heterocycles. The van der Waals surface area contributed by atoms with E-state index < -0.39 is 0 Å². The number of aryl methyl sites for hydroxylation is 1.